The topological polar surface area (TPSA) is 63.4 Å². The van der Waals surface area contributed by atoms with E-state index in [1.807, 2.05) is 42.2 Å². The van der Waals surface area contributed by atoms with E-state index in [2.05, 4.69) is 12.1 Å². The second-order valence-electron chi connectivity index (χ2n) is 6.39. The molecule has 4 heteroatoms. The Morgan fingerprint density at radius 1 is 1.13 bits per heavy atom. The zero-order chi connectivity index (χ0) is 16.4. The molecule has 0 saturated carbocycles. The van der Waals surface area contributed by atoms with Gasteiger partial charge in [-0.3, -0.25) is 9.59 Å². The van der Waals surface area contributed by atoms with Crippen molar-refractivity contribution in [2.75, 3.05) is 6.54 Å². The molecule has 2 aromatic carbocycles. The van der Waals surface area contributed by atoms with Crippen LogP contribution in [0.2, 0.25) is 0 Å². The summed E-state index contributed by atoms with van der Waals surface area (Å²) in [6.07, 6.45) is 1.96. The maximum Gasteiger partial charge on any atom is 0.227 e. The minimum atomic E-state index is -0.306. The van der Waals surface area contributed by atoms with Gasteiger partial charge in [0.2, 0.25) is 11.8 Å². The molecule has 0 spiro atoms. The number of rotatable bonds is 3. The van der Waals surface area contributed by atoms with Gasteiger partial charge in [-0.1, -0.05) is 42.5 Å². The number of carbonyl (C=O) groups is 2. The summed E-state index contributed by atoms with van der Waals surface area (Å²) in [5.74, 6) is -0.456. The fraction of sp³-hybridized carbons (Fsp3) is 0.368. The predicted octanol–water partition coefficient (Wildman–Crippen LogP) is 2.49. The second-order valence-corrected chi connectivity index (χ2v) is 6.39. The van der Waals surface area contributed by atoms with Crippen molar-refractivity contribution in [1.82, 2.24) is 4.90 Å². The molecule has 1 aliphatic rings. The van der Waals surface area contributed by atoms with E-state index >= 15 is 0 Å². The van der Waals surface area contributed by atoms with Crippen molar-refractivity contribution in [3.05, 3.63) is 48.0 Å². The van der Waals surface area contributed by atoms with Crippen LogP contribution in [0.1, 0.15) is 25.3 Å². The summed E-state index contributed by atoms with van der Waals surface area (Å²) in [5.41, 5.74) is 6.45. The molecule has 0 aliphatic carbocycles. The van der Waals surface area contributed by atoms with Gasteiger partial charge >= 0.3 is 0 Å². The fourth-order valence-electron chi connectivity index (χ4n) is 3.40. The molecular formula is C19H22N2O2. The Balaban J connectivity index is 1.81. The maximum atomic E-state index is 12.8. The summed E-state index contributed by atoms with van der Waals surface area (Å²) < 4.78 is 0. The summed E-state index contributed by atoms with van der Waals surface area (Å²) in [7, 11) is 0. The van der Waals surface area contributed by atoms with Crippen LogP contribution >= 0.6 is 0 Å². The summed E-state index contributed by atoms with van der Waals surface area (Å²) in [6, 6.07) is 14.3. The van der Waals surface area contributed by atoms with Crippen LogP contribution < -0.4 is 5.73 Å². The molecule has 1 aliphatic heterocycles. The van der Waals surface area contributed by atoms with Gasteiger partial charge in [-0.25, -0.2) is 0 Å². The van der Waals surface area contributed by atoms with Gasteiger partial charge in [0.25, 0.3) is 0 Å². The second kappa shape index (κ2) is 6.41. The molecule has 0 radical (unpaired) electrons. The number of nitrogens with two attached hydrogens (primary N) is 1. The number of likely N-dealkylation sites (tertiary alicyclic amines) is 1. The molecule has 1 fully saturated rings. The summed E-state index contributed by atoms with van der Waals surface area (Å²) >= 11 is 0. The lowest BCUT2D eigenvalue weighted by molar-refractivity contribution is -0.136. The number of benzene rings is 2. The van der Waals surface area contributed by atoms with E-state index in [1.54, 1.807) is 0 Å². The minimum Gasteiger partial charge on any atom is -0.369 e. The van der Waals surface area contributed by atoms with Crippen molar-refractivity contribution in [1.29, 1.82) is 0 Å². The molecule has 3 rings (SSSR count). The molecule has 2 atom stereocenters. The number of nitrogens with zero attached hydrogens (tertiary/aromatic N) is 1. The Morgan fingerprint density at radius 3 is 2.65 bits per heavy atom. The number of primary amides is 1. The van der Waals surface area contributed by atoms with Crippen LogP contribution in [0, 0.1) is 5.92 Å². The molecule has 0 aromatic heterocycles. The van der Waals surface area contributed by atoms with Crippen LogP contribution in [0.15, 0.2) is 42.5 Å². The molecule has 23 heavy (non-hydrogen) atoms. The third kappa shape index (κ3) is 3.21. The largest absolute Gasteiger partial charge is 0.369 e. The molecular weight excluding hydrogens is 288 g/mol. The highest BCUT2D eigenvalue weighted by Gasteiger charge is 2.31. The van der Waals surface area contributed by atoms with Crippen molar-refractivity contribution in [2.24, 2.45) is 11.7 Å². The van der Waals surface area contributed by atoms with Crippen LogP contribution in [-0.2, 0) is 16.0 Å². The zero-order valence-electron chi connectivity index (χ0n) is 13.4. The minimum absolute atomic E-state index is 0.0693. The monoisotopic (exact) mass is 310 g/mol. The summed E-state index contributed by atoms with van der Waals surface area (Å²) in [4.78, 5) is 26.0. The number of hydrogen-bond donors (Lipinski definition) is 1. The van der Waals surface area contributed by atoms with Gasteiger partial charge in [-0.05, 0) is 36.1 Å². The molecule has 0 bridgehead atoms. The Morgan fingerprint density at radius 2 is 1.87 bits per heavy atom. The molecule has 2 aromatic rings. The first kappa shape index (κ1) is 15.5. The van der Waals surface area contributed by atoms with E-state index in [-0.39, 0.29) is 23.8 Å². The Bertz CT molecular complexity index is 736. The van der Waals surface area contributed by atoms with E-state index in [1.165, 1.54) is 0 Å². The molecule has 4 nitrogen and oxygen atoms in total. The van der Waals surface area contributed by atoms with Gasteiger partial charge in [-0.2, -0.15) is 0 Å². The van der Waals surface area contributed by atoms with Gasteiger partial charge in [-0.15, -0.1) is 0 Å². The first-order valence-electron chi connectivity index (χ1n) is 8.11. The van der Waals surface area contributed by atoms with Crippen LogP contribution in [0.4, 0.5) is 0 Å². The zero-order valence-corrected chi connectivity index (χ0v) is 13.4. The number of hydrogen-bond acceptors (Lipinski definition) is 2. The highest BCUT2D eigenvalue weighted by atomic mass is 16.2. The lowest BCUT2D eigenvalue weighted by Crippen LogP contribution is -2.49. The smallest absolute Gasteiger partial charge is 0.227 e. The van der Waals surface area contributed by atoms with E-state index in [0.717, 1.165) is 29.2 Å². The predicted molar refractivity (Wildman–Crippen MR) is 90.7 cm³/mol. The van der Waals surface area contributed by atoms with Gasteiger partial charge in [0, 0.05) is 12.6 Å². The fourth-order valence-corrected chi connectivity index (χ4v) is 3.40. The first-order chi connectivity index (χ1) is 11.1. The van der Waals surface area contributed by atoms with Crippen molar-refractivity contribution in [2.45, 2.75) is 32.2 Å². The van der Waals surface area contributed by atoms with Crippen molar-refractivity contribution >= 4 is 22.6 Å². The van der Waals surface area contributed by atoms with E-state index in [4.69, 9.17) is 5.73 Å². The quantitative estimate of drug-likeness (QED) is 0.946. The van der Waals surface area contributed by atoms with E-state index in [0.29, 0.717) is 13.0 Å². The lowest BCUT2D eigenvalue weighted by atomic mass is 9.92. The summed E-state index contributed by atoms with van der Waals surface area (Å²) in [5, 5.41) is 2.25. The summed E-state index contributed by atoms with van der Waals surface area (Å²) in [6.45, 7) is 2.48. The molecule has 2 unspecified atom stereocenters. The number of piperidine rings is 1. The first-order valence-corrected chi connectivity index (χ1v) is 8.11. The number of carbonyl (C=O) groups excluding carboxylic acids is 2. The van der Waals surface area contributed by atoms with Crippen molar-refractivity contribution in [3.63, 3.8) is 0 Å². The van der Waals surface area contributed by atoms with Gasteiger partial charge in [0.05, 0.1) is 12.3 Å². The standard InChI is InChI=1S/C19H22N2O2/c1-13-9-10-16(19(20)23)12-21(13)18(22)11-15-7-4-6-14-5-2-3-8-17(14)15/h2-8,13,16H,9-12H2,1H3,(H2,20,23). The molecule has 1 saturated heterocycles. The normalized spacial score (nSPS) is 21.3. The van der Waals surface area contributed by atoms with Crippen molar-refractivity contribution in [3.8, 4) is 0 Å². The Hall–Kier alpha value is -2.36. The third-order valence-corrected chi connectivity index (χ3v) is 4.83. The highest BCUT2D eigenvalue weighted by Crippen LogP contribution is 2.24. The lowest BCUT2D eigenvalue weighted by Gasteiger charge is -2.37. The van der Waals surface area contributed by atoms with Crippen LogP contribution in [0.3, 0.4) is 0 Å². The highest BCUT2D eigenvalue weighted by molar-refractivity contribution is 5.90. The van der Waals surface area contributed by atoms with E-state index in [9.17, 15) is 9.59 Å². The Labute approximate surface area is 136 Å². The van der Waals surface area contributed by atoms with Crippen LogP contribution in [-0.4, -0.2) is 29.3 Å². The molecule has 120 valence electrons. The number of fused-ring (bicyclic) bond motifs is 1. The SMILES string of the molecule is CC1CCC(C(N)=O)CN1C(=O)Cc1cccc2ccccc12. The average Bonchev–Trinajstić information content (AvgIpc) is 2.55. The van der Waals surface area contributed by atoms with Gasteiger partial charge in [0.15, 0.2) is 0 Å². The Kier molecular flexibility index (Phi) is 4.33. The van der Waals surface area contributed by atoms with Crippen LogP contribution in [0.25, 0.3) is 10.8 Å². The van der Waals surface area contributed by atoms with Gasteiger partial charge in [0.1, 0.15) is 0 Å². The molecule has 2 amide bonds. The maximum absolute atomic E-state index is 12.8. The average molecular weight is 310 g/mol. The van der Waals surface area contributed by atoms with Crippen molar-refractivity contribution < 1.29 is 9.59 Å². The van der Waals surface area contributed by atoms with Crippen LogP contribution in [0.5, 0.6) is 0 Å². The van der Waals surface area contributed by atoms with E-state index < -0.39 is 0 Å². The van der Waals surface area contributed by atoms with Gasteiger partial charge < -0.3 is 10.6 Å². The third-order valence-electron chi connectivity index (χ3n) is 4.83. The molecule has 2 N–H and O–H groups in total. The number of amides is 2. The molecule has 1 heterocycles.